The van der Waals surface area contributed by atoms with Gasteiger partial charge in [0, 0.05) is 18.1 Å². The van der Waals surface area contributed by atoms with E-state index in [0.717, 1.165) is 12.8 Å². The number of hydrogen-bond donors (Lipinski definition) is 1. The maximum absolute atomic E-state index is 11.8. The molecule has 17 heavy (non-hydrogen) atoms. The topological polar surface area (TPSA) is 49.4 Å². The van der Waals surface area contributed by atoms with E-state index in [9.17, 15) is 8.42 Å². The Hall–Kier alpha value is -0.130. The molecule has 2 aliphatic heterocycles. The van der Waals surface area contributed by atoms with E-state index in [1.807, 2.05) is 6.92 Å². The summed E-state index contributed by atoms with van der Waals surface area (Å²) in [5.41, 5.74) is 0. The van der Waals surface area contributed by atoms with Crippen molar-refractivity contribution >= 4 is 10.0 Å². The molecule has 0 aliphatic carbocycles. The summed E-state index contributed by atoms with van der Waals surface area (Å²) in [4.78, 5) is 2.45. The van der Waals surface area contributed by atoms with Crippen molar-refractivity contribution in [1.29, 1.82) is 0 Å². The molecule has 2 rings (SSSR count). The second-order valence-electron chi connectivity index (χ2n) is 5.51. The summed E-state index contributed by atoms with van der Waals surface area (Å²) in [6.07, 6.45) is 6.40. The van der Waals surface area contributed by atoms with Crippen LogP contribution in [0.2, 0.25) is 0 Å². The molecule has 2 unspecified atom stereocenters. The van der Waals surface area contributed by atoms with E-state index in [2.05, 4.69) is 16.7 Å². The van der Waals surface area contributed by atoms with Crippen LogP contribution in [0.5, 0.6) is 0 Å². The maximum Gasteiger partial charge on any atom is 0.211 e. The van der Waals surface area contributed by atoms with E-state index in [-0.39, 0.29) is 11.8 Å². The van der Waals surface area contributed by atoms with Gasteiger partial charge >= 0.3 is 0 Å². The van der Waals surface area contributed by atoms with Gasteiger partial charge in [0.05, 0.1) is 5.75 Å². The van der Waals surface area contributed by atoms with Crippen molar-refractivity contribution in [3.05, 3.63) is 0 Å². The first-order valence-electron chi connectivity index (χ1n) is 6.74. The van der Waals surface area contributed by atoms with Crippen LogP contribution in [-0.2, 0) is 10.0 Å². The third kappa shape index (κ3) is 3.20. The Bertz CT molecular complexity index is 342. The van der Waals surface area contributed by atoms with Crippen LogP contribution in [0.4, 0.5) is 0 Å². The molecular formula is C12H24N2O2S. The minimum Gasteiger partial charge on any atom is -0.300 e. The van der Waals surface area contributed by atoms with Crippen molar-refractivity contribution in [2.75, 3.05) is 12.8 Å². The first-order chi connectivity index (χ1) is 8.02. The highest BCUT2D eigenvalue weighted by Crippen LogP contribution is 2.32. The van der Waals surface area contributed by atoms with Gasteiger partial charge in [0.1, 0.15) is 0 Å². The van der Waals surface area contributed by atoms with Crippen molar-refractivity contribution in [1.82, 2.24) is 9.62 Å². The standard InChI is InChI=1S/C12H24N2O2S/c1-3-7-17(15,16)13-10-8-11-5-4-6-12(9-10)14(11)2/h10-13H,3-9H2,1-2H3. The molecule has 0 spiro atoms. The molecule has 1 N–H and O–H groups in total. The molecule has 0 aromatic heterocycles. The molecule has 2 aliphatic rings. The van der Waals surface area contributed by atoms with E-state index in [0.29, 0.717) is 18.5 Å². The smallest absolute Gasteiger partial charge is 0.211 e. The Labute approximate surface area is 105 Å². The summed E-state index contributed by atoms with van der Waals surface area (Å²) < 4.78 is 26.4. The summed E-state index contributed by atoms with van der Waals surface area (Å²) in [5, 5.41) is 0. The van der Waals surface area contributed by atoms with Crippen LogP contribution in [0.25, 0.3) is 0 Å². The van der Waals surface area contributed by atoms with Gasteiger partial charge in [-0.2, -0.15) is 0 Å². The number of nitrogens with zero attached hydrogens (tertiary/aromatic N) is 1. The monoisotopic (exact) mass is 260 g/mol. The van der Waals surface area contributed by atoms with Gasteiger partial charge in [-0.3, -0.25) is 0 Å². The van der Waals surface area contributed by atoms with E-state index in [1.54, 1.807) is 0 Å². The zero-order valence-corrected chi connectivity index (χ0v) is 11.7. The number of nitrogens with one attached hydrogen (secondary N) is 1. The molecule has 2 saturated heterocycles. The minimum atomic E-state index is -3.05. The summed E-state index contributed by atoms with van der Waals surface area (Å²) in [6.45, 7) is 1.91. The lowest BCUT2D eigenvalue weighted by molar-refractivity contribution is 0.0536. The fourth-order valence-corrected chi connectivity index (χ4v) is 4.65. The first-order valence-corrected chi connectivity index (χ1v) is 8.39. The minimum absolute atomic E-state index is 0.165. The lowest BCUT2D eigenvalue weighted by Crippen LogP contribution is -2.55. The Morgan fingerprint density at radius 3 is 2.35 bits per heavy atom. The molecule has 0 aromatic carbocycles. The normalized spacial score (nSPS) is 34.8. The second kappa shape index (κ2) is 5.24. The Balaban J connectivity index is 1.96. The van der Waals surface area contributed by atoms with E-state index in [4.69, 9.17) is 0 Å². The van der Waals surface area contributed by atoms with Gasteiger partial charge in [-0.1, -0.05) is 13.3 Å². The van der Waals surface area contributed by atoms with Crippen LogP contribution < -0.4 is 4.72 Å². The average Bonchev–Trinajstić information content (AvgIpc) is 2.18. The predicted molar refractivity (Wildman–Crippen MR) is 69.4 cm³/mol. The molecular weight excluding hydrogens is 236 g/mol. The van der Waals surface area contributed by atoms with Gasteiger partial charge < -0.3 is 4.90 Å². The third-order valence-electron chi connectivity index (χ3n) is 4.16. The van der Waals surface area contributed by atoms with Gasteiger partial charge in [-0.05, 0) is 39.2 Å². The zero-order chi connectivity index (χ0) is 12.5. The summed E-state index contributed by atoms with van der Waals surface area (Å²) in [7, 11) is -0.862. The molecule has 2 bridgehead atoms. The average molecular weight is 260 g/mol. The van der Waals surface area contributed by atoms with Crippen LogP contribution in [-0.4, -0.2) is 44.2 Å². The number of rotatable bonds is 4. The third-order valence-corrected chi connectivity index (χ3v) is 5.80. The zero-order valence-electron chi connectivity index (χ0n) is 10.9. The van der Waals surface area contributed by atoms with Crippen molar-refractivity contribution in [2.24, 2.45) is 0 Å². The van der Waals surface area contributed by atoms with Crippen LogP contribution in [0.1, 0.15) is 45.4 Å². The van der Waals surface area contributed by atoms with Crippen LogP contribution in [0.3, 0.4) is 0 Å². The van der Waals surface area contributed by atoms with Gasteiger partial charge in [-0.25, -0.2) is 13.1 Å². The predicted octanol–water partition coefficient (Wildman–Crippen LogP) is 1.33. The van der Waals surface area contributed by atoms with Crippen molar-refractivity contribution in [3.63, 3.8) is 0 Å². The van der Waals surface area contributed by atoms with Crippen LogP contribution in [0, 0.1) is 0 Å². The number of hydrogen-bond acceptors (Lipinski definition) is 3. The highest BCUT2D eigenvalue weighted by molar-refractivity contribution is 7.89. The summed E-state index contributed by atoms with van der Waals surface area (Å²) >= 11 is 0. The van der Waals surface area contributed by atoms with Crippen molar-refractivity contribution < 1.29 is 8.42 Å². The molecule has 2 atom stereocenters. The molecule has 2 heterocycles. The van der Waals surface area contributed by atoms with Crippen LogP contribution in [0.15, 0.2) is 0 Å². The number of piperidine rings is 2. The molecule has 5 heteroatoms. The highest BCUT2D eigenvalue weighted by Gasteiger charge is 2.37. The van der Waals surface area contributed by atoms with Gasteiger partial charge in [-0.15, -0.1) is 0 Å². The summed E-state index contributed by atoms with van der Waals surface area (Å²) in [5.74, 6) is 0.259. The molecule has 0 radical (unpaired) electrons. The van der Waals surface area contributed by atoms with E-state index in [1.165, 1.54) is 19.3 Å². The SMILES string of the molecule is CCCS(=O)(=O)NC1CC2CCCC(C1)N2C. The fourth-order valence-electron chi connectivity index (χ4n) is 3.29. The lowest BCUT2D eigenvalue weighted by Gasteiger charge is -2.47. The quantitative estimate of drug-likeness (QED) is 0.829. The van der Waals surface area contributed by atoms with Crippen LogP contribution >= 0.6 is 0 Å². The first kappa shape index (κ1) is 13.3. The maximum atomic E-state index is 11.8. The Kier molecular flexibility index (Phi) is 4.10. The molecule has 2 fully saturated rings. The molecule has 0 amide bonds. The number of sulfonamides is 1. The van der Waals surface area contributed by atoms with E-state index >= 15 is 0 Å². The number of fused-ring (bicyclic) bond motifs is 2. The van der Waals surface area contributed by atoms with Gasteiger partial charge in [0.15, 0.2) is 0 Å². The van der Waals surface area contributed by atoms with Gasteiger partial charge in [0.25, 0.3) is 0 Å². The van der Waals surface area contributed by atoms with Crippen molar-refractivity contribution in [2.45, 2.75) is 63.6 Å². The van der Waals surface area contributed by atoms with Gasteiger partial charge in [0.2, 0.25) is 10.0 Å². The Morgan fingerprint density at radius 2 is 1.82 bits per heavy atom. The second-order valence-corrected chi connectivity index (χ2v) is 7.38. The molecule has 100 valence electrons. The largest absolute Gasteiger partial charge is 0.300 e. The van der Waals surface area contributed by atoms with E-state index < -0.39 is 10.0 Å². The van der Waals surface area contributed by atoms with Crippen molar-refractivity contribution in [3.8, 4) is 0 Å². The Morgan fingerprint density at radius 1 is 1.24 bits per heavy atom. The molecule has 0 saturated carbocycles. The fraction of sp³-hybridized carbons (Fsp3) is 1.00. The molecule has 4 nitrogen and oxygen atoms in total. The molecule has 0 aromatic rings. The summed E-state index contributed by atoms with van der Waals surface area (Å²) in [6, 6.07) is 1.33. The highest BCUT2D eigenvalue weighted by atomic mass is 32.2. The lowest BCUT2D eigenvalue weighted by atomic mass is 9.83.